The van der Waals surface area contributed by atoms with Gasteiger partial charge in [0.25, 0.3) is 0 Å². The molecule has 0 saturated carbocycles. The number of nitrogens with one attached hydrogen (secondary N) is 1. The van der Waals surface area contributed by atoms with Crippen LogP contribution in [-0.2, 0) is 13.1 Å². The van der Waals surface area contributed by atoms with Gasteiger partial charge in [-0.25, -0.2) is 0 Å². The fourth-order valence-electron chi connectivity index (χ4n) is 2.44. The van der Waals surface area contributed by atoms with Crippen LogP contribution >= 0.6 is 0 Å². The van der Waals surface area contributed by atoms with Crippen LogP contribution in [0.25, 0.3) is 0 Å². The summed E-state index contributed by atoms with van der Waals surface area (Å²) in [6.45, 7) is 10.2. The van der Waals surface area contributed by atoms with Gasteiger partial charge in [-0.05, 0) is 31.1 Å². The van der Waals surface area contributed by atoms with Gasteiger partial charge in [0, 0.05) is 39.3 Å². The van der Waals surface area contributed by atoms with Crippen molar-refractivity contribution in [2.45, 2.75) is 26.4 Å². The summed E-state index contributed by atoms with van der Waals surface area (Å²) in [7, 11) is 2.20. The summed E-state index contributed by atoms with van der Waals surface area (Å²) in [5, 5.41) is 3.44. The van der Waals surface area contributed by atoms with E-state index in [1.54, 1.807) is 0 Å². The summed E-state index contributed by atoms with van der Waals surface area (Å²) in [6, 6.07) is 9.07. The maximum atomic E-state index is 3.44. The van der Waals surface area contributed by atoms with Crippen molar-refractivity contribution in [1.29, 1.82) is 0 Å². The summed E-state index contributed by atoms with van der Waals surface area (Å²) < 4.78 is 0. The Balaban J connectivity index is 1.78. The third-order valence-corrected chi connectivity index (χ3v) is 3.78. The lowest BCUT2D eigenvalue weighted by Gasteiger charge is -2.32. The monoisotopic (exact) mass is 261 g/mol. The van der Waals surface area contributed by atoms with Crippen molar-refractivity contribution in [1.82, 2.24) is 15.1 Å². The van der Waals surface area contributed by atoms with E-state index in [2.05, 4.69) is 53.4 Å². The summed E-state index contributed by atoms with van der Waals surface area (Å²) in [5.41, 5.74) is 2.82. The van der Waals surface area contributed by atoms with Crippen LogP contribution in [0.2, 0.25) is 0 Å². The number of likely N-dealkylation sites (N-methyl/N-ethyl adjacent to an activating group) is 1. The van der Waals surface area contributed by atoms with Crippen LogP contribution in [0.15, 0.2) is 24.3 Å². The molecule has 3 nitrogen and oxygen atoms in total. The molecule has 0 unspecified atom stereocenters. The molecular formula is C16H27N3. The normalized spacial score (nSPS) is 17.8. The molecule has 0 amide bonds. The zero-order chi connectivity index (χ0) is 13.5. The van der Waals surface area contributed by atoms with E-state index in [9.17, 15) is 0 Å². The molecule has 0 radical (unpaired) electrons. The molecular weight excluding hydrogens is 234 g/mol. The number of hydrogen-bond acceptors (Lipinski definition) is 3. The van der Waals surface area contributed by atoms with Gasteiger partial charge in [-0.2, -0.15) is 0 Å². The quantitative estimate of drug-likeness (QED) is 0.790. The molecule has 1 fully saturated rings. The van der Waals surface area contributed by atoms with E-state index in [-0.39, 0.29) is 0 Å². The fourth-order valence-corrected chi connectivity index (χ4v) is 2.44. The molecule has 1 N–H and O–H groups in total. The van der Waals surface area contributed by atoms with Crippen molar-refractivity contribution in [3.05, 3.63) is 35.4 Å². The minimum absolute atomic E-state index is 0.989. The van der Waals surface area contributed by atoms with Crippen LogP contribution < -0.4 is 5.32 Å². The van der Waals surface area contributed by atoms with Gasteiger partial charge in [0.05, 0.1) is 0 Å². The Hall–Kier alpha value is -0.900. The first kappa shape index (κ1) is 14.5. The van der Waals surface area contributed by atoms with Crippen molar-refractivity contribution in [2.24, 2.45) is 0 Å². The van der Waals surface area contributed by atoms with Crippen molar-refractivity contribution >= 4 is 0 Å². The fraction of sp³-hybridized carbons (Fsp3) is 0.625. The van der Waals surface area contributed by atoms with Gasteiger partial charge in [-0.3, -0.25) is 4.90 Å². The Labute approximate surface area is 117 Å². The molecule has 0 aromatic heterocycles. The van der Waals surface area contributed by atoms with Crippen molar-refractivity contribution in [3.8, 4) is 0 Å². The van der Waals surface area contributed by atoms with Crippen molar-refractivity contribution in [3.63, 3.8) is 0 Å². The number of nitrogens with zero attached hydrogens (tertiary/aromatic N) is 2. The lowest BCUT2D eigenvalue weighted by Crippen LogP contribution is -2.43. The Kier molecular flexibility index (Phi) is 5.83. The highest BCUT2D eigenvalue weighted by Gasteiger charge is 2.13. The molecule has 1 aromatic rings. The zero-order valence-electron chi connectivity index (χ0n) is 12.4. The summed E-state index contributed by atoms with van der Waals surface area (Å²) in [4.78, 5) is 4.95. The van der Waals surface area contributed by atoms with Crippen LogP contribution in [0.3, 0.4) is 0 Å². The molecule has 0 aliphatic carbocycles. The third-order valence-electron chi connectivity index (χ3n) is 3.78. The highest BCUT2D eigenvalue weighted by molar-refractivity contribution is 5.22. The largest absolute Gasteiger partial charge is 0.313 e. The Morgan fingerprint density at radius 2 is 1.63 bits per heavy atom. The second-order valence-electron chi connectivity index (χ2n) is 5.57. The van der Waals surface area contributed by atoms with E-state index >= 15 is 0 Å². The van der Waals surface area contributed by atoms with E-state index in [1.807, 2.05) is 0 Å². The molecule has 19 heavy (non-hydrogen) atoms. The minimum atomic E-state index is 0.989. The van der Waals surface area contributed by atoms with Gasteiger partial charge in [0.2, 0.25) is 0 Å². The van der Waals surface area contributed by atoms with Gasteiger partial charge in [0.15, 0.2) is 0 Å². The van der Waals surface area contributed by atoms with E-state index in [1.165, 1.54) is 43.7 Å². The van der Waals surface area contributed by atoms with Gasteiger partial charge < -0.3 is 10.2 Å². The number of rotatable bonds is 6. The SMILES string of the molecule is CCCNCc1ccc(CN2CCN(C)CC2)cc1. The first-order valence-electron chi connectivity index (χ1n) is 7.47. The second kappa shape index (κ2) is 7.63. The molecule has 1 saturated heterocycles. The van der Waals surface area contributed by atoms with E-state index in [0.717, 1.165) is 19.6 Å². The van der Waals surface area contributed by atoms with Crippen LogP contribution in [0, 0.1) is 0 Å². The lowest BCUT2D eigenvalue weighted by atomic mass is 10.1. The molecule has 0 bridgehead atoms. The molecule has 1 aliphatic rings. The molecule has 3 heteroatoms. The molecule has 0 atom stereocenters. The number of hydrogen-bond donors (Lipinski definition) is 1. The molecule has 1 aromatic carbocycles. The van der Waals surface area contributed by atoms with E-state index in [4.69, 9.17) is 0 Å². The Morgan fingerprint density at radius 1 is 1.00 bits per heavy atom. The number of benzene rings is 1. The predicted octanol–water partition coefficient (Wildman–Crippen LogP) is 1.93. The smallest absolute Gasteiger partial charge is 0.0234 e. The molecule has 1 heterocycles. The average Bonchev–Trinajstić information content (AvgIpc) is 2.44. The van der Waals surface area contributed by atoms with Crippen molar-refractivity contribution < 1.29 is 0 Å². The van der Waals surface area contributed by atoms with Gasteiger partial charge in [-0.15, -0.1) is 0 Å². The predicted molar refractivity (Wildman–Crippen MR) is 81.2 cm³/mol. The van der Waals surface area contributed by atoms with E-state index in [0.29, 0.717) is 0 Å². The standard InChI is InChI=1S/C16H27N3/c1-3-8-17-13-15-4-6-16(7-5-15)14-19-11-9-18(2)10-12-19/h4-7,17H,3,8-14H2,1-2H3. The Bertz CT molecular complexity index is 353. The number of piperazine rings is 1. The maximum Gasteiger partial charge on any atom is 0.0234 e. The molecule has 0 spiro atoms. The maximum absolute atomic E-state index is 3.44. The van der Waals surface area contributed by atoms with Crippen LogP contribution in [0.4, 0.5) is 0 Å². The van der Waals surface area contributed by atoms with Crippen LogP contribution in [-0.4, -0.2) is 49.6 Å². The molecule has 106 valence electrons. The average molecular weight is 261 g/mol. The zero-order valence-corrected chi connectivity index (χ0v) is 12.4. The van der Waals surface area contributed by atoms with Crippen LogP contribution in [0.5, 0.6) is 0 Å². The van der Waals surface area contributed by atoms with Gasteiger partial charge in [-0.1, -0.05) is 31.2 Å². The first-order chi connectivity index (χ1) is 9.28. The topological polar surface area (TPSA) is 18.5 Å². The summed E-state index contributed by atoms with van der Waals surface area (Å²) in [6.07, 6.45) is 1.20. The van der Waals surface area contributed by atoms with Crippen molar-refractivity contribution in [2.75, 3.05) is 39.8 Å². The Morgan fingerprint density at radius 3 is 2.26 bits per heavy atom. The van der Waals surface area contributed by atoms with Gasteiger partial charge in [0.1, 0.15) is 0 Å². The highest BCUT2D eigenvalue weighted by Crippen LogP contribution is 2.09. The summed E-state index contributed by atoms with van der Waals surface area (Å²) in [5.74, 6) is 0. The molecule has 2 rings (SSSR count). The van der Waals surface area contributed by atoms with Crippen LogP contribution in [0.1, 0.15) is 24.5 Å². The van der Waals surface area contributed by atoms with E-state index < -0.39 is 0 Å². The second-order valence-corrected chi connectivity index (χ2v) is 5.57. The minimum Gasteiger partial charge on any atom is -0.313 e. The lowest BCUT2D eigenvalue weighted by molar-refractivity contribution is 0.148. The third kappa shape index (κ3) is 4.94. The first-order valence-corrected chi connectivity index (χ1v) is 7.47. The highest BCUT2D eigenvalue weighted by atomic mass is 15.2. The summed E-state index contributed by atoms with van der Waals surface area (Å²) >= 11 is 0. The molecule has 1 aliphatic heterocycles. The van der Waals surface area contributed by atoms with Gasteiger partial charge >= 0.3 is 0 Å².